The number of benzene rings is 2. The Hall–Kier alpha value is -3.02. The lowest BCUT2D eigenvalue weighted by molar-refractivity contribution is -0.137. The first-order valence-electron chi connectivity index (χ1n) is 7.76. The summed E-state index contributed by atoms with van der Waals surface area (Å²) < 4.78 is 10.4. The average molecular weight is 343 g/mol. The van der Waals surface area contributed by atoms with Crippen LogP contribution in [0.25, 0.3) is 0 Å². The van der Waals surface area contributed by atoms with Gasteiger partial charge in [-0.15, -0.1) is 0 Å². The van der Waals surface area contributed by atoms with Gasteiger partial charge in [-0.05, 0) is 36.2 Å². The quantitative estimate of drug-likeness (QED) is 0.807. The Kier molecular flexibility index (Phi) is 6.00. The summed E-state index contributed by atoms with van der Waals surface area (Å²) in [5.74, 6) is -0.419. The first-order valence-corrected chi connectivity index (χ1v) is 7.76. The summed E-state index contributed by atoms with van der Waals surface area (Å²) in [7, 11) is 3.00. The van der Waals surface area contributed by atoms with E-state index in [2.05, 4.69) is 5.32 Å². The Bertz CT molecular complexity index is 772. The average Bonchev–Trinajstić information content (AvgIpc) is 2.60. The largest absolute Gasteiger partial charge is 0.493 e. The van der Waals surface area contributed by atoms with E-state index in [9.17, 15) is 14.7 Å². The number of rotatable bonds is 7. The molecule has 0 bridgehead atoms. The van der Waals surface area contributed by atoms with E-state index in [1.54, 1.807) is 18.2 Å². The summed E-state index contributed by atoms with van der Waals surface area (Å²) in [5.41, 5.74) is 2.06. The maximum Gasteiger partial charge on any atom is 0.305 e. The number of carbonyl (C=O) groups excluding carboxylic acids is 1. The van der Waals surface area contributed by atoms with E-state index in [4.69, 9.17) is 9.47 Å². The number of carbonyl (C=O) groups is 2. The Morgan fingerprint density at radius 1 is 1.08 bits per heavy atom. The number of nitrogens with one attached hydrogen (secondary N) is 1. The molecular weight excluding hydrogens is 322 g/mol. The standard InChI is InChI=1S/C19H21NO5/c1-12-6-4-5-7-14(12)15(11-18(21)22)20-19(23)13-8-9-16(24-2)17(10-13)25-3/h4-10,15H,11H2,1-3H3,(H,20,23)(H,21,22)/t15-/m1/s1. The molecule has 2 N–H and O–H groups in total. The molecule has 0 aliphatic heterocycles. The molecule has 25 heavy (non-hydrogen) atoms. The monoisotopic (exact) mass is 343 g/mol. The van der Waals surface area contributed by atoms with E-state index in [-0.39, 0.29) is 12.3 Å². The highest BCUT2D eigenvalue weighted by Gasteiger charge is 2.21. The van der Waals surface area contributed by atoms with E-state index in [0.717, 1.165) is 11.1 Å². The fraction of sp³-hybridized carbons (Fsp3) is 0.263. The van der Waals surface area contributed by atoms with Gasteiger partial charge in [0.2, 0.25) is 0 Å². The number of hydrogen-bond acceptors (Lipinski definition) is 4. The van der Waals surface area contributed by atoms with Crippen molar-refractivity contribution in [3.8, 4) is 11.5 Å². The topological polar surface area (TPSA) is 84.9 Å². The molecule has 2 rings (SSSR count). The third kappa shape index (κ3) is 4.50. The van der Waals surface area contributed by atoms with Crippen LogP contribution in [0.4, 0.5) is 0 Å². The van der Waals surface area contributed by atoms with Gasteiger partial charge >= 0.3 is 5.97 Å². The highest BCUT2D eigenvalue weighted by Crippen LogP contribution is 2.28. The summed E-state index contributed by atoms with van der Waals surface area (Å²) >= 11 is 0. The SMILES string of the molecule is COc1ccc(C(=O)N[C@H](CC(=O)O)c2ccccc2C)cc1OC. The van der Waals surface area contributed by atoms with Crippen LogP contribution in [0.5, 0.6) is 11.5 Å². The zero-order valence-electron chi connectivity index (χ0n) is 14.4. The van der Waals surface area contributed by atoms with E-state index < -0.39 is 12.0 Å². The number of aryl methyl sites for hydroxylation is 1. The van der Waals surface area contributed by atoms with Crippen molar-refractivity contribution in [2.75, 3.05) is 14.2 Å². The predicted octanol–water partition coefficient (Wildman–Crippen LogP) is 2.96. The molecule has 0 aromatic heterocycles. The highest BCUT2D eigenvalue weighted by atomic mass is 16.5. The van der Waals surface area contributed by atoms with Gasteiger partial charge in [-0.3, -0.25) is 9.59 Å². The summed E-state index contributed by atoms with van der Waals surface area (Å²) in [6, 6.07) is 11.6. The van der Waals surface area contributed by atoms with Crippen LogP contribution in [0, 0.1) is 6.92 Å². The fourth-order valence-corrected chi connectivity index (χ4v) is 2.61. The Labute approximate surface area is 146 Å². The molecule has 132 valence electrons. The minimum Gasteiger partial charge on any atom is -0.493 e. The van der Waals surface area contributed by atoms with Crippen LogP contribution in [0.1, 0.15) is 33.9 Å². The molecule has 0 fully saturated rings. The maximum atomic E-state index is 12.6. The van der Waals surface area contributed by atoms with Crippen molar-refractivity contribution in [3.63, 3.8) is 0 Å². The third-order valence-electron chi connectivity index (χ3n) is 3.89. The van der Waals surface area contributed by atoms with Crippen LogP contribution in [0.15, 0.2) is 42.5 Å². The minimum atomic E-state index is -0.985. The summed E-state index contributed by atoms with van der Waals surface area (Å²) in [6.45, 7) is 1.88. The first-order chi connectivity index (χ1) is 12.0. The molecule has 1 atom stereocenters. The lowest BCUT2D eigenvalue weighted by Gasteiger charge is -2.20. The smallest absolute Gasteiger partial charge is 0.305 e. The van der Waals surface area contributed by atoms with Crippen molar-refractivity contribution in [2.45, 2.75) is 19.4 Å². The predicted molar refractivity (Wildman–Crippen MR) is 93.2 cm³/mol. The highest BCUT2D eigenvalue weighted by molar-refractivity contribution is 5.95. The van der Waals surface area contributed by atoms with Gasteiger partial charge < -0.3 is 19.9 Å². The summed E-state index contributed by atoms with van der Waals surface area (Å²) in [4.78, 5) is 23.8. The number of ether oxygens (including phenoxy) is 2. The molecule has 0 aliphatic carbocycles. The van der Waals surface area contributed by atoms with Gasteiger partial charge in [0.1, 0.15) is 0 Å². The first kappa shape index (κ1) is 18.3. The second-order valence-electron chi connectivity index (χ2n) is 5.55. The van der Waals surface area contributed by atoms with Gasteiger partial charge in [0, 0.05) is 5.56 Å². The molecule has 6 nitrogen and oxygen atoms in total. The van der Waals surface area contributed by atoms with E-state index in [1.807, 2.05) is 31.2 Å². The van der Waals surface area contributed by atoms with Crippen LogP contribution in [-0.2, 0) is 4.79 Å². The summed E-state index contributed by atoms with van der Waals surface area (Å²) in [6.07, 6.45) is -0.204. The molecule has 2 aromatic rings. The number of carboxylic acids is 1. The van der Waals surface area contributed by atoms with Gasteiger partial charge in [-0.25, -0.2) is 0 Å². The molecule has 0 aliphatic rings. The van der Waals surface area contributed by atoms with Gasteiger partial charge in [-0.2, -0.15) is 0 Å². The normalized spacial score (nSPS) is 11.5. The van der Waals surface area contributed by atoms with Crippen molar-refractivity contribution < 1.29 is 24.2 Å². The van der Waals surface area contributed by atoms with Crippen LogP contribution in [0.2, 0.25) is 0 Å². The number of hydrogen-bond donors (Lipinski definition) is 2. The van der Waals surface area contributed by atoms with Crippen LogP contribution in [0.3, 0.4) is 0 Å². The molecule has 0 unspecified atom stereocenters. The Balaban J connectivity index is 2.28. The van der Waals surface area contributed by atoms with Gasteiger partial charge in [-0.1, -0.05) is 24.3 Å². The molecule has 0 radical (unpaired) electrons. The lowest BCUT2D eigenvalue weighted by atomic mass is 9.98. The minimum absolute atomic E-state index is 0.204. The van der Waals surface area contributed by atoms with E-state index in [0.29, 0.717) is 17.1 Å². The molecule has 6 heteroatoms. The maximum absolute atomic E-state index is 12.6. The fourth-order valence-electron chi connectivity index (χ4n) is 2.61. The van der Waals surface area contributed by atoms with E-state index >= 15 is 0 Å². The van der Waals surface area contributed by atoms with Gasteiger partial charge in [0.15, 0.2) is 11.5 Å². The second-order valence-corrected chi connectivity index (χ2v) is 5.55. The van der Waals surface area contributed by atoms with Crippen LogP contribution >= 0.6 is 0 Å². The molecule has 1 amide bonds. The number of aliphatic carboxylic acids is 1. The molecule has 0 spiro atoms. The van der Waals surface area contributed by atoms with E-state index in [1.165, 1.54) is 14.2 Å². The Morgan fingerprint density at radius 2 is 1.76 bits per heavy atom. The van der Waals surface area contributed by atoms with Crippen molar-refractivity contribution >= 4 is 11.9 Å². The van der Waals surface area contributed by atoms with Crippen molar-refractivity contribution in [1.82, 2.24) is 5.32 Å². The molecule has 0 saturated carbocycles. The molecular formula is C19H21NO5. The third-order valence-corrected chi connectivity index (χ3v) is 3.89. The van der Waals surface area contributed by atoms with Crippen molar-refractivity contribution in [3.05, 3.63) is 59.2 Å². The number of amides is 1. The van der Waals surface area contributed by atoms with Gasteiger partial charge in [0.25, 0.3) is 5.91 Å². The number of methoxy groups -OCH3 is 2. The van der Waals surface area contributed by atoms with Crippen molar-refractivity contribution in [2.24, 2.45) is 0 Å². The second kappa shape index (κ2) is 8.19. The molecule has 0 saturated heterocycles. The number of carboxylic acid groups (broad SMARTS) is 1. The zero-order valence-corrected chi connectivity index (χ0v) is 14.4. The molecule has 2 aromatic carbocycles. The van der Waals surface area contributed by atoms with Crippen LogP contribution < -0.4 is 14.8 Å². The van der Waals surface area contributed by atoms with Crippen LogP contribution in [-0.4, -0.2) is 31.2 Å². The zero-order chi connectivity index (χ0) is 18.4. The summed E-state index contributed by atoms with van der Waals surface area (Å²) in [5, 5.41) is 12.0. The van der Waals surface area contributed by atoms with Gasteiger partial charge in [0.05, 0.1) is 26.7 Å². The molecule has 0 heterocycles. The van der Waals surface area contributed by atoms with Crippen molar-refractivity contribution in [1.29, 1.82) is 0 Å². The Morgan fingerprint density at radius 3 is 2.36 bits per heavy atom. The lowest BCUT2D eigenvalue weighted by Crippen LogP contribution is -2.30.